The zero-order valence-corrected chi connectivity index (χ0v) is 11.8. The first kappa shape index (κ1) is 13.3. The molecule has 0 amide bonds. The van der Waals surface area contributed by atoms with Crippen molar-refractivity contribution in [3.63, 3.8) is 0 Å². The molecule has 0 aliphatic heterocycles. The van der Waals surface area contributed by atoms with E-state index >= 15 is 0 Å². The van der Waals surface area contributed by atoms with Crippen LogP contribution in [0.4, 0.5) is 0 Å². The Morgan fingerprint density at radius 3 is 2.67 bits per heavy atom. The molecule has 0 radical (unpaired) electrons. The van der Waals surface area contributed by atoms with Crippen LogP contribution in [-0.2, 0) is 11.2 Å². The first-order valence-corrected chi connectivity index (χ1v) is 7.15. The lowest BCUT2D eigenvalue weighted by atomic mass is 9.73. The van der Waals surface area contributed by atoms with Crippen LogP contribution in [0.5, 0.6) is 0 Å². The number of carbonyl (C=O) groups is 1. The maximum atomic E-state index is 12.1. The van der Waals surface area contributed by atoms with Gasteiger partial charge in [0.15, 0.2) is 0 Å². The van der Waals surface area contributed by atoms with Gasteiger partial charge < -0.3 is 0 Å². The van der Waals surface area contributed by atoms with Crippen molar-refractivity contribution in [3.8, 4) is 0 Å². The lowest BCUT2D eigenvalue weighted by molar-refractivity contribution is -0.125. The summed E-state index contributed by atoms with van der Waals surface area (Å²) in [7, 11) is 0. The second-order valence-electron chi connectivity index (χ2n) is 6.07. The van der Waals surface area contributed by atoms with Gasteiger partial charge in [0.2, 0.25) is 0 Å². The van der Waals surface area contributed by atoms with Crippen LogP contribution in [0, 0.1) is 24.7 Å². The molecule has 1 saturated carbocycles. The van der Waals surface area contributed by atoms with Gasteiger partial charge in [-0.25, -0.2) is 0 Å². The average molecular weight is 244 g/mol. The van der Waals surface area contributed by atoms with Crippen LogP contribution in [-0.4, -0.2) is 5.78 Å². The molecule has 18 heavy (non-hydrogen) atoms. The normalized spacial score (nSPS) is 24.6. The second kappa shape index (κ2) is 5.69. The SMILES string of the molecule is Cc1ccccc1CC1CC(C(C)C)CCC1=O. The molecule has 2 rings (SSSR count). The summed E-state index contributed by atoms with van der Waals surface area (Å²) in [5.74, 6) is 2.18. The predicted molar refractivity (Wildman–Crippen MR) is 75.6 cm³/mol. The number of hydrogen-bond acceptors (Lipinski definition) is 1. The Kier molecular flexibility index (Phi) is 4.21. The third-order valence-electron chi connectivity index (χ3n) is 4.47. The lowest BCUT2D eigenvalue weighted by Crippen LogP contribution is -2.29. The molecule has 2 atom stereocenters. The number of hydrogen-bond donors (Lipinski definition) is 0. The van der Waals surface area contributed by atoms with E-state index in [0.717, 1.165) is 31.6 Å². The molecule has 0 heterocycles. The topological polar surface area (TPSA) is 17.1 Å². The summed E-state index contributed by atoms with van der Waals surface area (Å²) >= 11 is 0. The number of Topliss-reactive ketones (excluding diaryl/α,β-unsaturated/α-hetero) is 1. The van der Waals surface area contributed by atoms with Gasteiger partial charge >= 0.3 is 0 Å². The highest BCUT2D eigenvalue weighted by Gasteiger charge is 2.30. The van der Waals surface area contributed by atoms with E-state index < -0.39 is 0 Å². The molecule has 0 N–H and O–H groups in total. The van der Waals surface area contributed by atoms with Gasteiger partial charge in [-0.2, -0.15) is 0 Å². The standard InChI is InChI=1S/C17H24O/c1-12(2)14-8-9-17(18)16(10-14)11-15-7-5-4-6-13(15)3/h4-7,12,14,16H,8-11H2,1-3H3. The van der Waals surface area contributed by atoms with Crippen LogP contribution in [0.2, 0.25) is 0 Å². The number of rotatable bonds is 3. The van der Waals surface area contributed by atoms with Gasteiger partial charge in [-0.15, -0.1) is 0 Å². The summed E-state index contributed by atoms with van der Waals surface area (Å²) in [5.41, 5.74) is 2.66. The van der Waals surface area contributed by atoms with E-state index in [-0.39, 0.29) is 5.92 Å². The highest BCUT2D eigenvalue weighted by Crippen LogP contribution is 2.33. The summed E-state index contributed by atoms with van der Waals surface area (Å²) in [6.07, 6.45) is 3.92. The van der Waals surface area contributed by atoms with E-state index in [2.05, 4.69) is 45.0 Å². The summed E-state index contributed by atoms with van der Waals surface area (Å²) in [4.78, 5) is 12.1. The van der Waals surface area contributed by atoms with Crippen LogP contribution >= 0.6 is 0 Å². The molecule has 0 aromatic heterocycles. The molecular weight excluding hydrogens is 220 g/mol. The zero-order valence-electron chi connectivity index (χ0n) is 11.8. The molecule has 1 fully saturated rings. The zero-order chi connectivity index (χ0) is 13.1. The van der Waals surface area contributed by atoms with Gasteiger partial charge in [0.25, 0.3) is 0 Å². The molecular formula is C17H24O. The molecule has 1 aromatic carbocycles. The minimum atomic E-state index is 0.257. The van der Waals surface area contributed by atoms with Gasteiger partial charge in [-0.3, -0.25) is 4.79 Å². The Morgan fingerprint density at radius 2 is 2.00 bits per heavy atom. The van der Waals surface area contributed by atoms with Gasteiger partial charge in [0.1, 0.15) is 5.78 Å². The van der Waals surface area contributed by atoms with E-state index in [4.69, 9.17) is 0 Å². The maximum absolute atomic E-state index is 12.1. The molecule has 98 valence electrons. The smallest absolute Gasteiger partial charge is 0.136 e. The number of carbonyl (C=O) groups excluding carboxylic acids is 1. The lowest BCUT2D eigenvalue weighted by Gasteiger charge is -2.31. The second-order valence-corrected chi connectivity index (χ2v) is 6.07. The molecule has 1 aliphatic carbocycles. The predicted octanol–water partition coefficient (Wildman–Crippen LogP) is 4.18. The maximum Gasteiger partial charge on any atom is 0.136 e. The van der Waals surface area contributed by atoms with Crippen LogP contribution in [0.1, 0.15) is 44.2 Å². The third kappa shape index (κ3) is 3.01. The summed E-state index contributed by atoms with van der Waals surface area (Å²) in [6, 6.07) is 8.46. The van der Waals surface area contributed by atoms with Crippen molar-refractivity contribution in [2.24, 2.45) is 17.8 Å². The molecule has 2 unspecified atom stereocenters. The molecule has 1 aromatic rings. The Morgan fingerprint density at radius 1 is 1.28 bits per heavy atom. The molecule has 0 spiro atoms. The van der Waals surface area contributed by atoms with Gasteiger partial charge in [-0.1, -0.05) is 38.1 Å². The highest BCUT2D eigenvalue weighted by atomic mass is 16.1. The number of aryl methyl sites for hydroxylation is 1. The van der Waals surface area contributed by atoms with Crippen molar-refractivity contribution in [1.29, 1.82) is 0 Å². The van der Waals surface area contributed by atoms with Crippen molar-refractivity contribution in [2.75, 3.05) is 0 Å². The van der Waals surface area contributed by atoms with Gasteiger partial charge in [-0.05, 0) is 49.1 Å². The Labute approximate surface area is 111 Å². The minimum Gasteiger partial charge on any atom is -0.299 e. The minimum absolute atomic E-state index is 0.257. The van der Waals surface area contributed by atoms with Crippen molar-refractivity contribution < 1.29 is 4.79 Å². The largest absolute Gasteiger partial charge is 0.299 e. The molecule has 1 aliphatic rings. The molecule has 0 bridgehead atoms. The molecule has 0 saturated heterocycles. The van der Waals surface area contributed by atoms with Crippen molar-refractivity contribution in [3.05, 3.63) is 35.4 Å². The Hall–Kier alpha value is -1.11. The number of benzene rings is 1. The van der Waals surface area contributed by atoms with Crippen molar-refractivity contribution >= 4 is 5.78 Å². The Balaban J connectivity index is 2.07. The molecule has 1 heteroatoms. The fourth-order valence-corrected chi connectivity index (χ4v) is 3.05. The Bertz CT molecular complexity index is 419. The van der Waals surface area contributed by atoms with Crippen molar-refractivity contribution in [1.82, 2.24) is 0 Å². The van der Waals surface area contributed by atoms with Gasteiger partial charge in [0.05, 0.1) is 0 Å². The monoisotopic (exact) mass is 244 g/mol. The number of ketones is 1. The van der Waals surface area contributed by atoms with E-state index in [1.165, 1.54) is 11.1 Å². The van der Waals surface area contributed by atoms with E-state index in [0.29, 0.717) is 11.7 Å². The van der Waals surface area contributed by atoms with Gasteiger partial charge in [0, 0.05) is 12.3 Å². The first-order valence-electron chi connectivity index (χ1n) is 7.15. The summed E-state index contributed by atoms with van der Waals surface area (Å²) in [6.45, 7) is 6.71. The van der Waals surface area contributed by atoms with E-state index in [1.54, 1.807) is 0 Å². The summed E-state index contributed by atoms with van der Waals surface area (Å²) < 4.78 is 0. The van der Waals surface area contributed by atoms with Crippen LogP contribution < -0.4 is 0 Å². The highest BCUT2D eigenvalue weighted by molar-refractivity contribution is 5.82. The fraction of sp³-hybridized carbons (Fsp3) is 0.588. The third-order valence-corrected chi connectivity index (χ3v) is 4.47. The molecule has 1 nitrogen and oxygen atoms in total. The first-order chi connectivity index (χ1) is 8.58. The van der Waals surface area contributed by atoms with E-state index in [9.17, 15) is 4.79 Å². The van der Waals surface area contributed by atoms with E-state index in [1.807, 2.05) is 0 Å². The summed E-state index contributed by atoms with van der Waals surface area (Å²) in [5, 5.41) is 0. The van der Waals surface area contributed by atoms with Crippen molar-refractivity contribution in [2.45, 2.75) is 46.5 Å². The average Bonchev–Trinajstić information content (AvgIpc) is 2.34. The fourth-order valence-electron chi connectivity index (χ4n) is 3.05. The quantitative estimate of drug-likeness (QED) is 0.779. The van der Waals surface area contributed by atoms with Crippen LogP contribution in [0.15, 0.2) is 24.3 Å². The van der Waals surface area contributed by atoms with Crippen LogP contribution in [0.25, 0.3) is 0 Å². The van der Waals surface area contributed by atoms with Crippen LogP contribution in [0.3, 0.4) is 0 Å².